The second kappa shape index (κ2) is 11.4. The fourth-order valence-electron chi connectivity index (χ4n) is 3.85. The maximum absolute atomic E-state index is 12.3. The number of carbonyl (C=O) groups is 3. The summed E-state index contributed by atoms with van der Waals surface area (Å²) in [5, 5.41) is 8.23. The summed E-state index contributed by atoms with van der Waals surface area (Å²) in [5.41, 5.74) is 3.90. The molecule has 0 saturated carbocycles. The number of benzene rings is 2. The zero-order chi connectivity index (χ0) is 22.9. The predicted octanol–water partition coefficient (Wildman–Crippen LogP) is 3.16. The quantitative estimate of drug-likeness (QED) is 0.622. The Bertz CT molecular complexity index is 937. The molecule has 2 aromatic rings. The third kappa shape index (κ3) is 7.20. The van der Waals surface area contributed by atoms with Crippen LogP contribution in [0.3, 0.4) is 0 Å². The molecule has 32 heavy (non-hydrogen) atoms. The van der Waals surface area contributed by atoms with Crippen molar-refractivity contribution < 1.29 is 14.4 Å². The highest BCUT2D eigenvalue weighted by Gasteiger charge is 2.22. The largest absolute Gasteiger partial charge is 0.353 e. The lowest BCUT2D eigenvalue weighted by molar-refractivity contribution is -0.123. The lowest BCUT2D eigenvalue weighted by atomic mass is 10.0. The SMILES string of the molecule is Cc1cccc(NC(=O)NC(=O)CN2CCC(NC(=O)CCc3ccccc3)CC2)c1C. The van der Waals surface area contributed by atoms with Gasteiger partial charge in [0.15, 0.2) is 0 Å². The summed E-state index contributed by atoms with van der Waals surface area (Å²) in [6.07, 6.45) is 2.79. The first-order chi connectivity index (χ1) is 15.4. The van der Waals surface area contributed by atoms with Crippen LogP contribution in [0.25, 0.3) is 0 Å². The Morgan fingerprint density at radius 2 is 1.66 bits per heavy atom. The number of imide groups is 1. The fourth-order valence-corrected chi connectivity index (χ4v) is 3.85. The van der Waals surface area contributed by atoms with Crippen LogP contribution >= 0.6 is 0 Å². The van der Waals surface area contributed by atoms with Crippen molar-refractivity contribution in [3.8, 4) is 0 Å². The van der Waals surface area contributed by atoms with E-state index in [9.17, 15) is 14.4 Å². The molecule has 0 atom stereocenters. The van der Waals surface area contributed by atoms with E-state index in [4.69, 9.17) is 0 Å². The van der Waals surface area contributed by atoms with Crippen molar-refractivity contribution >= 4 is 23.5 Å². The van der Waals surface area contributed by atoms with Gasteiger partial charge in [0.05, 0.1) is 6.54 Å². The number of urea groups is 1. The van der Waals surface area contributed by atoms with Crippen molar-refractivity contribution in [3.05, 3.63) is 65.2 Å². The van der Waals surface area contributed by atoms with Crippen molar-refractivity contribution in [1.82, 2.24) is 15.5 Å². The van der Waals surface area contributed by atoms with E-state index in [2.05, 4.69) is 16.0 Å². The van der Waals surface area contributed by atoms with Crippen LogP contribution in [-0.4, -0.2) is 48.4 Å². The van der Waals surface area contributed by atoms with Gasteiger partial charge in [-0.2, -0.15) is 0 Å². The maximum Gasteiger partial charge on any atom is 0.325 e. The van der Waals surface area contributed by atoms with Crippen molar-refractivity contribution in [2.45, 2.75) is 45.6 Å². The van der Waals surface area contributed by atoms with Crippen molar-refractivity contribution in [2.24, 2.45) is 0 Å². The lowest BCUT2D eigenvalue weighted by Gasteiger charge is -2.31. The van der Waals surface area contributed by atoms with Crippen LogP contribution in [0.5, 0.6) is 0 Å². The second-order valence-corrected chi connectivity index (χ2v) is 8.35. The number of aryl methyl sites for hydroxylation is 2. The first-order valence-corrected chi connectivity index (χ1v) is 11.1. The number of amides is 4. The van der Waals surface area contributed by atoms with E-state index >= 15 is 0 Å². The van der Waals surface area contributed by atoms with Crippen molar-refractivity contribution in [2.75, 3.05) is 25.0 Å². The summed E-state index contributed by atoms with van der Waals surface area (Å²) < 4.78 is 0. The standard InChI is InChI=1S/C25H32N4O3/c1-18-7-6-10-22(19(18)2)27-25(32)28-24(31)17-29-15-13-21(14-16-29)26-23(30)12-11-20-8-4-3-5-9-20/h3-10,21H,11-17H2,1-2H3,(H,26,30)(H2,27,28,31,32). The van der Waals surface area contributed by atoms with Crippen LogP contribution in [0, 0.1) is 13.8 Å². The number of piperidine rings is 1. The molecule has 3 N–H and O–H groups in total. The molecule has 7 nitrogen and oxygen atoms in total. The molecule has 2 aromatic carbocycles. The molecule has 4 amide bonds. The molecule has 170 valence electrons. The monoisotopic (exact) mass is 436 g/mol. The summed E-state index contributed by atoms with van der Waals surface area (Å²) >= 11 is 0. The molecule has 0 aromatic heterocycles. The summed E-state index contributed by atoms with van der Waals surface area (Å²) in [5.74, 6) is -0.272. The van der Waals surface area contributed by atoms with Crippen LogP contribution in [0.4, 0.5) is 10.5 Å². The molecule has 1 saturated heterocycles. The Balaban J connectivity index is 1.34. The minimum atomic E-state index is -0.524. The Hall–Kier alpha value is -3.19. The average molecular weight is 437 g/mol. The first kappa shape index (κ1) is 23.5. The molecule has 7 heteroatoms. The number of hydrogen-bond donors (Lipinski definition) is 3. The van der Waals surface area contributed by atoms with Crippen LogP contribution in [0.2, 0.25) is 0 Å². The summed E-state index contributed by atoms with van der Waals surface area (Å²) in [4.78, 5) is 38.6. The highest BCUT2D eigenvalue weighted by Crippen LogP contribution is 2.17. The second-order valence-electron chi connectivity index (χ2n) is 8.35. The number of anilines is 1. The zero-order valence-corrected chi connectivity index (χ0v) is 18.8. The van der Waals surface area contributed by atoms with E-state index in [0.29, 0.717) is 25.2 Å². The first-order valence-electron chi connectivity index (χ1n) is 11.1. The molecule has 1 fully saturated rings. The molecular weight excluding hydrogens is 404 g/mol. The van der Waals surface area contributed by atoms with Gasteiger partial charge in [0.1, 0.15) is 0 Å². The minimum absolute atomic E-state index is 0.0631. The molecule has 1 heterocycles. The highest BCUT2D eigenvalue weighted by atomic mass is 16.2. The van der Waals surface area contributed by atoms with Gasteiger partial charge in [-0.1, -0.05) is 42.5 Å². The van der Waals surface area contributed by atoms with Crippen molar-refractivity contribution in [1.29, 1.82) is 0 Å². The van der Waals surface area contributed by atoms with E-state index in [1.807, 2.05) is 67.3 Å². The Morgan fingerprint density at radius 3 is 2.38 bits per heavy atom. The van der Waals surface area contributed by atoms with Gasteiger partial charge < -0.3 is 10.6 Å². The number of carbonyl (C=O) groups excluding carboxylic acids is 3. The van der Waals surface area contributed by atoms with Gasteiger partial charge in [0, 0.05) is 31.2 Å². The van der Waals surface area contributed by atoms with E-state index in [0.717, 1.165) is 36.0 Å². The number of likely N-dealkylation sites (tertiary alicyclic amines) is 1. The summed E-state index contributed by atoms with van der Waals surface area (Å²) in [7, 11) is 0. The third-order valence-corrected chi connectivity index (χ3v) is 5.91. The van der Waals surface area contributed by atoms with Crippen LogP contribution in [0.1, 0.15) is 36.0 Å². The molecule has 3 rings (SSSR count). The van der Waals surface area contributed by atoms with E-state index < -0.39 is 6.03 Å². The van der Waals surface area contributed by atoms with E-state index in [1.165, 1.54) is 0 Å². The van der Waals surface area contributed by atoms with Gasteiger partial charge in [0.25, 0.3) is 0 Å². The number of nitrogens with one attached hydrogen (secondary N) is 3. The molecule has 0 unspecified atom stereocenters. The van der Waals surface area contributed by atoms with Gasteiger partial charge in [0.2, 0.25) is 11.8 Å². The van der Waals surface area contributed by atoms with Gasteiger partial charge in [-0.25, -0.2) is 4.79 Å². The van der Waals surface area contributed by atoms with Gasteiger partial charge >= 0.3 is 6.03 Å². The van der Waals surface area contributed by atoms with Gasteiger partial charge in [-0.15, -0.1) is 0 Å². The van der Waals surface area contributed by atoms with E-state index in [1.54, 1.807) is 0 Å². The van der Waals surface area contributed by atoms with Crippen molar-refractivity contribution in [3.63, 3.8) is 0 Å². The smallest absolute Gasteiger partial charge is 0.325 e. The molecule has 1 aliphatic rings. The van der Waals surface area contributed by atoms with E-state index in [-0.39, 0.29) is 24.4 Å². The average Bonchev–Trinajstić information content (AvgIpc) is 2.77. The third-order valence-electron chi connectivity index (χ3n) is 5.91. The molecule has 1 aliphatic heterocycles. The van der Waals surface area contributed by atoms with Gasteiger partial charge in [-0.05, 0) is 55.9 Å². The number of hydrogen-bond acceptors (Lipinski definition) is 4. The maximum atomic E-state index is 12.3. The topological polar surface area (TPSA) is 90.5 Å². The number of nitrogens with zero attached hydrogens (tertiary/aromatic N) is 1. The van der Waals surface area contributed by atoms with Gasteiger partial charge in [-0.3, -0.25) is 19.8 Å². The number of rotatable bonds is 7. The Morgan fingerprint density at radius 1 is 0.938 bits per heavy atom. The lowest BCUT2D eigenvalue weighted by Crippen LogP contribution is -2.48. The molecule has 0 bridgehead atoms. The summed E-state index contributed by atoms with van der Waals surface area (Å²) in [6.45, 7) is 5.47. The summed E-state index contributed by atoms with van der Waals surface area (Å²) in [6, 6.07) is 15.2. The van der Waals surface area contributed by atoms with Crippen LogP contribution in [0.15, 0.2) is 48.5 Å². The fraction of sp³-hybridized carbons (Fsp3) is 0.400. The predicted molar refractivity (Wildman–Crippen MR) is 125 cm³/mol. The molecule has 0 radical (unpaired) electrons. The Kier molecular flexibility index (Phi) is 8.39. The molecule has 0 spiro atoms. The van der Waals surface area contributed by atoms with Crippen LogP contribution in [-0.2, 0) is 16.0 Å². The minimum Gasteiger partial charge on any atom is -0.353 e. The highest BCUT2D eigenvalue weighted by molar-refractivity contribution is 6.02. The normalized spacial score (nSPS) is 14.6. The Labute approximate surface area is 189 Å². The molecule has 0 aliphatic carbocycles. The molecular formula is C25H32N4O3. The zero-order valence-electron chi connectivity index (χ0n) is 18.8. The van der Waals surface area contributed by atoms with Crippen LogP contribution < -0.4 is 16.0 Å².